The fraction of sp³-hybridized carbons (Fsp3) is 0. The Morgan fingerprint density at radius 1 is 0.900 bits per heavy atom. The molecule has 96 valence electrons. The van der Waals surface area contributed by atoms with E-state index in [0.717, 1.165) is 33.3 Å². The monoisotopic (exact) mass is 260 g/mol. The lowest BCUT2D eigenvalue weighted by Crippen LogP contribution is -1.92. The summed E-state index contributed by atoms with van der Waals surface area (Å²) >= 11 is 0. The van der Waals surface area contributed by atoms with Gasteiger partial charge >= 0.3 is 0 Å². The first-order valence-electron chi connectivity index (χ1n) is 6.39. The van der Waals surface area contributed by atoms with Crippen LogP contribution < -0.4 is 5.73 Å². The lowest BCUT2D eigenvalue weighted by Gasteiger charge is -2.06. The fourth-order valence-electron chi connectivity index (χ4n) is 2.45. The molecule has 2 aromatic carbocycles. The first kappa shape index (κ1) is 11.0. The molecule has 0 aliphatic carbocycles. The molecule has 4 heteroatoms. The van der Waals surface area contributed by atoms with Crippen molar-refractivity contribution in [3.63, 3.8) is 0 Å². The van der Waals surface area contributed by atoms with E-state index in [1.54, 1.807) is 6.20 Å². The molecular formula is C16H12N4. The molecule has 0 fully saturated rings. The van der Waals surface area contributed by atoms with Crippen molar-refractivity contribution in [3.8, 4) is 5.69 Å². The number of anilines is 1. The number of hydrogen-bond donors (Lipinski definition) is 1. The number of nitrogens with two attached hydrogens (primary N) is 1. The van der Waals surface area contributed by atoms with E-state index in [1.807, 2.05) is 42.7 Å². The summed E-state index contributed by atoms with van der Waals surface area (Å²) in [7, 11) is 0. The predicted molar refractivity (Wildman–Crippen MR) is 80.8 cm³/mol. The van der Waals surface area contributed by atoms with Gasteiger partial charge in [0.1, 0.15) is 6.33 Å². The van der Waals surface area contributed by atoms with Crippen molar-refractivity contribution in [1.82, 2.24) is 14.5 Å². The maximum absolute atomic E-state index is 5.79. The predicted octanol–water partition coefficient (Wildman–Crippen LogP) is 3.16. The van der Waals surface area contributed by atoms with Gasteiger partial charge in [0.05, 0.1) is 16.6 Å². The zero-order valence-corrected chi connectivity index (χ0v) is 10.7. The van der Waals surface area contributed by atoms with E-state index in [2.05, 4.69) is 26.7 Å². The molecule has 0 saturated carbocycles. The second kappa shape index (κ2) is 4.06. The summed E-state index contributed by atoms with van der Waals surface area (Å²) in [6.07, 6.45) is 3.62. The molecule has 0 aliphatic heterocycles. The molecule has 0 unspecified atom stereocenters. The van der Waals surface area contributed by atoms with Gasteiger partial charge in [-0.15, -0.1) is 0 Å². The fourth-order valence-corrected chi connectivity index (χ4v) is 2.45. The topological polar surface area (TPSA) is 56.7 Å². The maximum Gasteiger partial charge on any atom is 0.100 e. The van der Waals surface area contributed by atoms with Crippen LogP contribution in [0.5, 0.6) is 0 Å². The number of imidazole rings is 1. The summed E-state index contributed by atoms with van der Waals surface area (Å²) in [6, 6.07) is 15.9. The highest BCUT2D eigenvalue weighted by Crippen LogP contribution is 2.22. The van der Waals surface area contributed by atoms with Gasteiger partial charge in [-0.25, -0.2) is 4.98 Å². The molecule has 0 spiro atoms. The smallest absolute Gasteiger partial charge is 0.100 e. The maximum atomic E-state index is 5.79. The van der Waals surface area contributed by atoms with Gasteiger partial charge < -0.3 is 5.73 Å². The van der Waals surface area contributed by atoms with Gasteiger partial charge in [-0.05, 0) is 42.5 Å². The molecular weight excluding hydrogens is 248 g/mol. The van der Waals surface area contributed by atoms with E-state index in [4.69, 9.17) is 5.73 Å². The summed E-state index contributed by atoms with van der Waals surface area (Å²) in [4.78, 5) is 8.74. The molecule has 0 bridgehead atoms. The number of aromatic nitrogens is 3. The standard InChI is InChI=1S/C16H12N4/c17-12-3-6-16-15(9-12)19-10-20(16)13-4-5-14-11(8-13)2-1-7-18-14/h1-10H,17H2. The molecule has 4 rings (SSSR count). The van der Waals surface area contributed by atoms with Crippen LogP contribution in [0.3, 0.4) is 0 Å². The summed E-state index contributed by atoms with van der Waals surface area (Å²) in [6.45, 7) is 0. The first-order valence-corrected chi connectivity index (χ1v) is 6.39. The Balaban J connectivity index is 1.96. The van der Waals surface area contributed by atoms with Crippen LogP contribution in [0.2, 0.25) is 0 Å². The highest BCUT2D eigenvalue weighted by atomic mass is 15.0. The van der Waals surface area contributed by atoms with Crippen molar-refractivity contribution < 1.29 is 0 Å². The quantitative estimate of drug-likeness (QED) is 0.535. The summed E-state index contributed by atoms with van der Waals surface area (Å²) in [5, 5.41) is 1.11. The molecule has 2 heterocycles. The molecule has 0 aliphatic rings. The molecule has 2 aromatic heterocycles. The van der Waals surface area contributed by atoms with Gasteiger partial charge in [-0.1, -0.05) is 6.07 Å². The van der Waals surface area contributed by atoms with E-state index in [0.29, 0.717) is 0 Å². The first-order chi connectivity index (χ1) is 9.81. The van der Waals surface area contributed by atoms with E-state index in [1.165, 1.54) is 0 Å². The van der Waals surface area contributed by atoms with Crippen LogP contribution in [0, 0.1) is 0 Å². The SMILES string of the molecule is Nc1ccc2c(c1)ncn2-c1ccc2ncccc2c1. The van der Waals surface area contributed by atoms with Crippen LogP contribution in [0.25, 0.3) is 27.6 Å². The van der Waals surface area contributed by atoms with Crippen LogP contribution in [0.1, 0.15) is 0 Å². The Morgan fingerprint density at radius 2 is 1.85 bits per heavy atom. The van der Waals surface area contributed by atoms with Crippen molar-refractivity contribution in [2.45, 2.75) is 0 Å². The molecule has 4 aromatic rings. The molecule has 0 amide bonds. The highest BCUT2D eigenvalue weighted by Gasteiger charge is 2.05. The number of nitrogen functional groups attached to an aromatic ring is 1. The second-order valence-corrected chi connectivity index (χ2v) is 4.74. The van der Waals surface area contributed by atoms with Crippen LogP contribution >= 0.6 is 0 Å². The second-order valence-electron chi connectivity index (χ2n) is 4.74. The van der Waals surface area contributed by atoms with Gasteiger partial charge in [0.25, 0.3) is 0 Å². The Labute approximate surface area is 115 Å². The molecule has 4 nitrogen and oxygen atoms in total. The Hall–Kier alpha value is -2.88. The van der Waals surface area contributed by atoms with Crippen molar-refractivity contribution in [3.05, 3.63) is 61.1 Å². The van der Waals surface area contributed by atoms with Crippen molar-refractivity contribution in [2.75, 3.05) is 5.73 Å². The number of rotatable bonds is 1. The van der Waals surface area contributed by atoms with Gasteiger partial charge in [-0.2, -0.15) is 0 Å². The lowest BCUT2D eigenvalue weighted by atomic mass is 10.2. The summed E-state index contributed by atoms with van der Waals surface area (Å²) in [5.74, 6) is 0. The number of fused-ring (bicyclic) bond motifs is 2. The Morgan fingerprint density at radius 3 is 2.80 bits per heavy atom. The van der Waals surface area contributed by atoms with Gasteiger partial charge in [0, 0.05) is 23.0 Å². The number of nitrogens with zero attached hydrogens (tertiary/aromatic N) is 3. The largest absolute Gasteiger partial charge is 0.399 e. The minimum Gasteiger partial charge on any atom is -0.399 e. The summed E-state index contributed by atoms with van der Waals surface area (Å²) < 4.78 is 2.06. The van der Waals surface area contributed by atoms with Crippen LogP contribution in [0.4, 0.5) is 5.69 Å². The van der Waals surface area contributed by atoms with Gasteiger partial charge in [0.15, 0.2) is 0 Å². The van der Waals surface area contributed by atoms with Gasteiger partial charge in [0.2, 0.25) is 0 Å². The normalized spacial score (nSPS) is 11.2. The highest BCUT2D eigenvalue weighted by molar-refractivity contribution is 5.84. The number of pyridine rings is 1. The minimum absolute atomic E-state index is 0.727. The van der Waals surface area contributed by atoms with E-state index < -0.39 is 0 Å². The zero-order valence-electron chi connectivity index (χ0n) is 10.7. The van der Waals surface area contributed by atoms with Crippen LogP contribution in [-0.2, 0) is 0 Å². The molecule has 0 atom stereocenters. The van der Waals surface area contributed by atoms with E-state index in [9.17, 15) is 0 Å². The Bertz CT molecular complexity index is 924. The molecule has 20 heavy (non-hydrogen) atoms. The molecule has 0 radical (unpaired) electrons. The zero-order chi connectivity index (χ0) is 13.5. The van der Waals surface area contributed by atoms with Gasteiger partial charge in [-0.3, -0.25) is 9.55 Å². The third-order valence-electron chi connectivity index (χ3n) is 3.44. The minimum atomic E-state index is 0.727. The third kappa shape index (κ3) is 1.62. The van der Waals surface area contributed by atoms with Crippen molar-refractivity contribution in [1.29, 1.82) is 0 Å². The number of benzene rings is 2. The van der Waals surface area contributed by atoms with Crippen molar-refractivity contribution >= 4 is 27.6 Å². The summed E-state index contributed by atoms with van der Waals surface area (Å²) in [5.41, 5.74) is 10.5. The van der Waals surface area contributed by atoms with Crippen molar-refractivity contribution in [2.24, 2.45) is 0 Å². The molecule has 2 N–H and O–H groups in total. The molecule has 0 saturated heterocycles. The average Bonchev–Trinajstić information content (AvgIpc) is 2.89. The average molecular weight is 260 g/mol. The Kier molecular flexibility index (Phi) is 2.23. The third-order valence-corrected chi connectivity index (χ3v) is 3.44. The van der Waals surface area contributed by atoms with E-state index >= 15 is 0 Å². The van der Waals surface area contributed by atoms with E-state index in [-0.39, 0.29) is 0 Å². The van der Waals surface area contributed by atoms with Crippen LogP contribution in [-0.4, -0.2) is 14.5 Å². The lowest BCUT2D eigenvalue weighted by molar-refractivity contribution is 1.10. The van der Waals surface area contributed by atoms with Crippen LogP contribution in [0.15, 0.2) is 61.1 Å². The number of hydrogen-bond acceptors (Lipinski definition) is 3.